The second kappa shape index (κ2) is 7.59. The summed E-state index contributed by atoms with van der Waals surface area (Å²) in [6, 6.07) is 11.4. The van der Waals surface area contributed by atoms with Crippen molar-refractivity contribution in [2.24, 2.45) is 4.99 Å². The highest BCUT2D eigenvalue weighted by Gasteiger charge is 2.13. The molecule has 0 unspecified atom stereocenters. The summed E-state index contributed by atoms with van der Waals surface area (Å²) in [6.45, 7) is 6.87. The summed E-state index contributed by atoms with van der Waals surface area (Å²) in [5.74, 6) is 2.86. The summed E-state index contributed by atoms with van der Waals surface area (Å²) in [5, 5.41) is 0. The molecule has 1 heterocycles. The Morgan fingerprint density at radius 2 is 2.00 bits per heavy atom. The van der Waals surface area contributed by atoms with Crippen LogP contribution in [0.15, 0.2) is 41.4 Å². The van der Waals surface area contributed by atoms with Gasteiger partial charge in [-0.05, 0) is 56.2 Å². The van der Waals surface area contributed by atoms with Crippen molar-refractivity contribution in [1.29, 1.82) is 0 Å². The molecule has 0 atom stereocenters. The number of benzene rings is 2. The fourth-order valence-electron chi connectivity index (χ4n) is 2.72. The van der Waals surface area contributed by atoms with E-state index in [9.17, 15) is 4.79 Å². The van der Waals surface area contributed by atoms with E-state index in [1.807, 2.05) is 17.6 Å². The number of terminal acetylenes is 1. The first-order valence-corrected chi connectivity index (χ1v) is 9.21. The van der Waals surface area contributed by atoms with Crippen molar-refractivity contribution in [3.05, 3.63) is 57.9 Å². The van der Waals surface area contributed by atoms with Gasteiger partial charge in [0, 0.05) is 0 Å². The Balaban J connectivity index is 2.17. The summed E-state index contributed by atoms with van der Waals surface area (Å²) in [5.41, 5.74) is 3.83. The molecule has 5 heteroatoms. The zero-order valence-corrected chi connectivity index (χ0v) is 15.9. The first kappa shape index (κ1) is 18.0. The predicted molar refractivity (Wildman–Crippen MR) is 106 cm³/mol. The van der Waals surface area contributed by atoms with Gasteiger partial charge in [0.1, 0.15) is 5.75 Å². The van der Waals surface area contributed by atoms with E-state index in [-0.39, 0.29) is 5.91 Å². The number of thiazole rings is 1. The first-order chi connectivity index (χ1) is 12.5. The molecule has 0 aliphatic rings. The summed E-state index contributed by atoms with van der Waals surface area (Å²) in [6.07, 6.45) is 5.54. The second-order valence-corrected chi connectivity index (χ2v) is 6.93. The number of ether oxygens (including phenoxy) is 1. The highest BCUT2D eigenvalue weighted by molar-refractivity contribution is 7.16. The Morgan fingerprint density at radius 1 is 1.27 bits per heavy atom. The molecule has 0 spiro atoms. The lowest BCUT2D eigenvalue weighted by Crippen LogP contribution is -2.17. The van der Waals surface area contributed by atoms with Crippen molar-refractivity contribution >= 4 is 27.5 Å². The van der Waals surface area contributed by atoms with E-state index < -0.39 is 0 Å². The van der Waals surface area contributed by atoms with Crippen LogP contribution in [0.25, 0.3) is 10.2 Å². The van der Waals surface area contributed by atoms with E-state index in [2.05, 4.69) is 36.9 Å². The molecule has 2 aromatic carbocycles. The van der Waals surface area contributed by atoms with E-state index in [0.717, 1.165) is 10.2 Å². The summed E-state index contributed by atoms with van der Waals surface area (Å²) >= 11 is 1.47. The molecule has 26 heavy (non-hydrogen) atoms. The highest BCUT2D eigenvalue weighted by Crippen LogP contribution is 2.23. The summed E-state index contributed by atoms with van der Waals surface area (Å²) in [4.78, 5) is 17.7. The van der Waals surface area contributed by atoms with Crippen LogP contribution in [0.1, 0.15) is 28.4 Å². The number of hydrogen-bond donors (Lipinski definition) is 0. The standard InChI is InChI=1S/C21H20N2O2S/c1-5-11-23-17-12-14(3)15(4)13-19(17)26-21(23)22-20(24)16-9-7-8-10-18(16)25-6-2/h1,7-10,12-13H,6,11H2,2-4H3. The number of nitrogens with zero attached hydrogens (tertiary/aromatic N) is 2. The number of aromatic nitrogens is 1. The molecule has 0 aliphatic heterocycles. The number of fused-ring (bicyclic) bond motifs is 1. The average Bonchev–Trinajstić information content (AvgIpc) is 2.93. The molecule has 0 saturated heterocycles. The van der Waals surface area contributed by atoms with Crippen LogP contribution in [0, 0.1) is 26.2 Å². The lowest BCUT2D eigenvalue weighted by Gasteiger charge is -2.06. The van der Waals surface area contributed by atoms with Crippen molar-refractivity contribution < 1.29 is 9.53 Å². The van der Waals surface area contributed by atoms with Gasteiger partial charge in [0.05, 0.1) is 28.9 Å². The van der Waals surface area contributed by atoms with Crippen LogP contribution in [-0.4, -0.2) is 17.1 Å². The number of carbonyl (C=O) groups is 1. The minimum absolute atomic E-state index is 0.333. The van der Waals surface area contributed by atoms with Crippen LogP contribution in [0.5, 0.6) is 5.75 Å². The van der Waals surface area contributed by atoms with Gasteiger partial charge >= 0.3 is 0 Å². The Kier molecular flexibility index (Phi) is 5.24. The first-order valence-electron chi connectivity index (χ1n) is 8.40. The molecule has 0 fully saturated rings. The third kappa shape index (κ3) is 3.42. The summed E-state index contributed by atoms with van der Waals surface area (Å²) in [7, 11) is 0. The molecule has 1 aromatic heterocycles. The zero-order chi connectivity index (χ0) is 18.7. The van der Waals surface area contributed by atoms with Crippen LogP contribution < -0.4 is 9.54 Å². The zero-order valence-electron chi connectivity index (χ0n) is 15.1. The van der Waals surface area contributed by atoms with E-state index in [1.165, 1.54) is 22.5 Å². The SMILES string of the molecule is C#CCn1c(=NC(=O)c2ccccc2OCC)sc2cc(C)c(C)cc21. The van der Waals surface area contributed by atoms with Crippen molar-refractivity contribution in [2.45, 2.75) is 27.3 Å². The molecule has 0 bridgehead atoms. The maximum Gasteiger partial charge on any atom is 0.283 e. The Labute approximate surface area is 156 Å². The van der Waals surface area contributed by atoms with Crippen molar-refractivity contribution in [3.63, 3.8) is 0 Å². The van der Waals surface area contributed by atoms with E-state index >= 15 is 0 Å². The third-order valence-corrected chi connectivity index (χ3v) is 5.20. The molecule has 1 amide bonds. The lowest BCUT2D eigenvalue weighted by atomic mass is 10.1. The van der Waals surface area contributed by atoms with Crippen LogP contribution in [0.4, 0.5) is 0 Å². The van der Waals surface area contributed by atoms with Crippen molar-refractivity contribution in [1.82, 2.24) is 4.57 Å². The summed E-state index contributed by atoms with van der Waals surface area (Å²) < 4.78 is 8.52. The van der Waals surface area contributed by atoms with Gasteiger partial charge in [-0.15, -0.1) is 6.42 Å². The number of hydrogen-bond acceptors (Lipinski definition) is 3. The minimum Gasteiger partial charge on any atom is -0.493 e. The highest BCUT2D eigenvalue weighted by atomic mass is 32.1. The molecule has 0 N–H and O–H groups in total. The van der Waals surface area contributed by atoms with E-state index in [0.29, 0.717) is 29.3 Å². The van der Waals surface area contributed by atoms with Gasteiger partial charge in [-0.3, -0.25) is 4.79 Å². The van der Waals surface area contributed by atoms with Crippen molar-refractivity contribution in [2.75, 3.05) is 6.61 Å². The Morgan fingerprint density at radius 3 is 2.73 bits per heavy atom. The Bertz CT molecular complexity index is 1080. The van der Waals surface area contributed by atoms with Gasteiger partial charge in [0.25, 0.3) is 5.91 Å². The molecular weight excluding hydrogens is 344 g/mol. The average molecular weight is 364 g/mol. The fraction of sp³-hybridized carbons (Fsp3) is 0.238. The largest absolute Gasteiger partial charge is 0.493 e. The molecule has 0 radical (unpaired) electrons. The van der Waals surface area contributed by atoms with Gasteiger partial charge < -0.3 is 9.30 Å². The number of para-hydroxylation sites is 1. The van der Waals surface area contributed by atoms with Gasteiger partial charge in [-0.2, -0.15) is 4.99 Å². The van der Waals surface area contributed by atoms with Crippen molar-refractivity contribution in [3.8, 4) is 18.1 Å². The van der Waals surface area contributed by atoms with Crippen LogP contribution in [0.2, 0.25) is 0 Å². The molecule has 0 aliphatic carbocycles. The second-order valence-electron chi connectivity index (χ2n) is 5.93. The third-order valence-electron chi connectivity index (χ3n) is 4.16. The molecule has 4 nitrogen and oxygen atoms in total. The Hall–Kier alpha value is -2.84. The number of aryl methyl sites for hydroxylation is 2. The number of rotatable bonds is 4. The number of carbonyl (C=O) groups excluding carboxylic acids is 1. The lowest BCUT2D eigenvalue weighted by molar-refractivity contribution is 0.0994. The molecular formula is C21H20N2O2S. The number of amides is 1. The van der Waals surface area contributed by atoms with Crippen LogP contribution in [0.3, 0.4) is 0 Å². The predicted octanol–water partition coefficient (Wildman–Crippen LogP) is 4.09. The van der Waals surface area contributed by atoms with Crippen LogP contribution >= 0.6 is 11.3 Å². The molecule has 3 aromatic rings. The quantitative estimate of drug-likeness (QED) is 0.655. The monoisotopic (exact) mass is 364 g/mol. The van der Waals surface area contributed by atoms with Gasteiger partial charge in [0.2, 0.25) is 0 Å². The fourth-order valence-corrected chi connectivity index (χ4v) is 3.83. The van der Waals surface area contributed by atoms with E-state index in [4.69, 9.17) is 11.2 Å². The maximum absolute atomic E-state index is 12.8. The smallest absolute Gasteiger partial charge is 0.283 e. The van der Waals surface area contributed by atoms with Gasteiger partial charge in [-0.25, -0.2) is 0 Å². The van der Waals surface area contributed by atoms with Gasteiger partial charge in [0.15, 0.2) is 4.80 Å². The van der Waals surface area contributed by atoms with Crippen LogP contribution in [-0.2, 0) is 6.54 Å². The van der Waals surface area contributed by atoms with E-state index in [1.54, 1.807) is 18.2 Å². The van der Waals surface area contributed by atoms with Gasteiger partial charge in [-0.1, -0.05) is 29.4 Å². The maximum atomic E-state index is 12.8. The molecule has 0 saturated carbocycles. The molecule has 3 rings (SSSR count). The molecule has 132 valence electrons. The normalized spacial score (nSPS) is 11.5. The minimum atomic E-state index is -0.333. The topological polar surface area (TPSA) is 43.6 Å².